The highest BCUT2D eigenvalue weighted by Gasteiger charge is 2.14. The van der Waals surface area contributed by atoms with Gasteiger partial charge in [-0.15, -0.1) is 22.9 Å². The molecule has 3 aromatic rings. The molecule has 0 saturated carbocycles. The second-order valence-corrected chi connectivity index (χ2v) is 6.39. The molecule has 0 N–H and O–H groups in total. The summed E-state index contributed by atoms with van der Waals surface area (Å²) in [6.45, 7) is 0. The summed E-state index contributed by atoms with van der Waals surface area (Å²) in [7, 11) is 0. The average Bonchev–Trinajstić information content (AvgIpc) is 2.86. The molecule has 0 fully saturated rings. The number of benzene rings is 2. The van der Waals surface area contributed by atoms with E-state index in [0.29, 0.717) is 12.0 Å². The molecule has 3 rings (SSSR count). The van der Waals surface area contributed by atoms with E-state index in [4.69, 9.17) is 11.6 Å². The van der Waals surface area contributed by atoms with Gasteiger partial charge in [0.25, 0.3) is 0 Å². The topological polar surface area (TPSA) is 0 Å². The van der Waals surface area contributed by atoms with Crippen molar-refractivity contribution in [3.8, 4) is 0 Å². The summed E-state index contributed by atoms with van der Waals surface area (Å²) < 4.78 is 40.1. The molecule has 0 spiro atoms. The fraction of sp³-hybridized carbons (Fsp3) is 0.125. The van der Waals surface area contributed by atoms with Gasteiger partial charge in [0.15, 0.2) is 11.6 Å². The minimum atomic E-state index is -0.880. The molecule has 0 nitrogen and oxygen atoms in total. The van der Waals surface area contributed by atoms with E-state index in [1.165, 1.54) is 29.5 Å². The van der Waals surface area contributed by atoms with Gasteiger partial charge in [0.2, 0.25) is 0 Å². The monoisotopic (exact) mass is 326 g/mol. The van der Waals surface area contributed by atoms with Crippen molar-refractivity contribution in [2.75, 3.05) is 0 Å². The van der Waals surface area contributed by atoms with E-state index in [0.717, 1.165) is 27.1 Å². The highest BCUT2D eigenvalue weighted by molar-refractivity contribution is 7.19. The molecule has 1 atom stereocenters. The Balaban J connectivity index is 1.85. The van der Waals surface area contributed by atoms with Crippen LogP contribution in [-0.2, 0) is 6.42 Å². The number of fused-ring (bicyclic) bond motifs is 1. The van der Waals surface area contributed by atoms with Gasteiger partial charge in [0.05, 0.1) is 5.38 Å². The first-order valence-electron chi connectivity index (χ1n) is 6.30. The number of thiophene rings is 1. The van der Waals surface area contributed by atoms with E-state index in [1.54, 1.807) is 6.07 Å². The lowest BCUT2D eigenvalue weighted by Gasteiger charge is -2.07. The molecule has 108 valence electrons. The number of rotatable bonds is 3. The summed E-state index contributed by atoms with van der Waals surface area (Å²) in [6, 6.07) is 10.2. The van der Waals surface area contributed by atoms with Crippen molar-refractivity contribution in [3.05, 3.63) is 70.4 Å². The van der Waals surface area contributed by atoms with Gasteiger partial charge in [-0.1, -0.05) is 12.1 Å². The molecule has 0 amide bonds. The Hall–Kier alpha value is -1.52. The van der Waals surface area contributed by atoms with Gasteiger partial charge in [-0.05, 0) is 47.7 Å². The summed E-state index contributed by atoms with van der Waals surface area (Å²) in [5.74, 6) is -2.04. The average molecular weight is 327 g/mol. The molecule has 1 aromatic heterocycles. The molecule has 0 aliphatic heterocycles. The molecule has 0 aliphatic rings. The van der Waals surface area contributed by atoms with E-state index < -0.39 is 11.6 Å². The Morgan fingerprint density at radius 3 is 2.52 bits per heavy atom. The fourth-order valence-electron chi connectivity index (χ4n) is 2.15. The van der Waals surface area contributed by atoms with E-state index in [1.807, 2.05) is 6.07 Å². The lowest BCUT2D eigenvalue weighted by atomic mass is 10.1. The van der Waals surface area contributed by atoms with Gasteiger partial charge in [0.1, 0.15) is 5.82 Å². The van der Waals surface area contributed by atoms with Crippen molar-refractivity contribution >= 4 is 33.0 Å². The Bertz CT molecular complexity index is 797. The first-order chi connectivity index (χ1) is 10.0. The molecule has 5 heteroatoms. The quantitative estimate of drug-likeness (QED) is 0.530. The zero-order valence-electron chi connectivity index (χ0n) is 10.7. The van der Waals surface area contributed by atoms with Crippen LogP contribution in [0, 0.1) is 17.5 Å². The van der Waals surface area contributed by atoms with Crippen LogP contribution in [0.1, 0.15) is 15.8 Å². The largest absolute Gasteiger partial charge is 0.207 e. The van der Waals surface area contributed by atoms with E-state index in [-0.39, 0.29) is 11.2 Å². The van der Waals surface area contributed by atoms with Crippen LogP contribution in [0.25, 0.3) is 10.1 Å². The SMILES string of the molecule is Fc1ccc2cc(C(Cl)Cc3ccc(F)c(F)c3)sc2c1. The van der Waals surface area contributed by atoms with Crippen LogP contribution < -0.4 is 0 Å². The predicted molar refractivity (Wildman–Crippen MR) is 80.4 cm³/mol. The van der Waals surface area contributed by atoms with Crippen LogP contribution in [0.3, 0.4) is 0 Å². The molecule has 0 radical (unpaired) electrons. The lowest BCUT2D eigenvalue weighted by molar-refractivity contribution is 0.507. The van der Waals surface area contributed by atoms with Crippen molar-refractivity contribution < 1.29 is 13.2 Å². The second-order valence-electron chi connectivity index (χ2n) is 4.75. The van der Waals surface area contributed by atoms with Gasteiger partial charge in [-0.2, -0.15) is 0 Å². The number of alkyl halides is 1. The zero-order chi connectivity index (χ0) is 15.0. The van der Waals surface area contributed by atoms with Crippen molar-refractivity contribution in [3.63, 3.8) is 0 Å². The predicted octanol–water partition coefficient (Wildman–Crippen LogP) is 5.84. The minimum Gasteiger partial charge on any atom is -0.207 e. The lowest BCUT2D eigenvalue weighted by Crippen LogP contribution is -1.95. The smallest absolute Gasteiger partial charge is 0.159 e. The number of hydrogen-bond donors (Lipinski definition) is 0. The van der Waals surface area contributed by atoms with Gasteiger partial charge in [-0.25, -0.2) is 13.2 Å². The Labute approximate surface area is 128 Å². The third kappa shape index (κ3) is 3.06. The third-order valence-corrected chi connectivity index (χ3v) is 4.94. The summed E-state index contributed by atoms with van der Waals surface area (Å²) >= 11 is 7.75. The first-order valence-corrected chi connectivity index (χ1v) is 7.55. The van der Waals surface area contributed by atoms with Crippen molar-refractivity contribution in [2.24, 2.45) is 0 Å². The maximum Gasteiger partial charge on any atom is 0.159 e. The normalized spacial score (nSPS) is 12.8. The summed E-state index contributed by atoms with van der Waals surface area (Å²) in [6.07, 6.45) is 0.383. The fourth-order valence-corrected chi connectivity index (χ4v) is 3.60. The van der Waals surface area contributed by atoms with Gasteiger partial charge in [0, 0.05) is 9.58 Å². The van der Waals surface area contributed by atoms with E-state index in [2.05, 4.69) is 0 Å². The van der Waals surface area contributed by atoms with Crippen LogP contribution in [0.2, 0.25) is 0 Å². The van der Waals surface area contributed by atoms with Crippen LogP contribution in [-0.4, -0.2) is 0 Å². The Morgan fingerprint density at radius 1 is 0.952 bits per heavy atom. The van der Waals surface area contributed by atoms with Gasteiger partial charge >= 0.3 is 0 Å². The summed E-state index contributed by atoms with van der Waals surface area (Å²) in [4.78, 5) is 0.877. The zero-order valence-corrected chi connectivity index (χ0v) is 12.3. The highest BCUT2D eigenvalue weighted by atomic mass is 35.5. The maximum absolute atomic E-state index is 13.2. The second kappa shape index (κ2) is 5.70. The Kier molecular flexibility index (Phi) is 3.91. The van der Waals surface area contributed by atoms with Crippen LogP contribution in [0.15, 0.2) is 42.5 Å². The van der Waals surface area contributed by atoms with Crippen molar-refractivity contribution in [1.29, 1.82) is 0 Å². The molecule has 1 heterocycles. The van der Waals surface area contributed by atoms with Crippen molar-refractivity contribution in [1.82, 2.24) is 0 Å². The molecule has 2 aromatic carbocycles. The van der Waals surface area contributed by atoms with Crippen LogP contribution in [0.5, 0.6) is 0 Å². The summed E-state index contributed by atoms with van der Waals surface area (Å²) in [5, 5.41) is 0.558. The van der Waals surface area contributed by atoms with Crippen LogP contribution in [0.4, 0.5) is 13.2 Å². The molecule has 1 unspecified atom stereocenters. The number of halogens is 4. The molecule has 0 saturated heterocycles. The number of hydrogen-bond acceptors (Lipinski definition) is 1. The molecule has 0 aliphatic carbocycles. The van der Waals surface area contributed by atoms with E-state index >= 15 is 0 Å². The molecule has 0 bridgehead atoms. The summed E-state index contributed by atoms with van der Waals surface area (Å²) in [5.41, 5.74) is 0.623. The molecule has 21 heavy (non-hydrogen) atoms. The third-order valence-electron chi connectivity index (χ3n) is 3.21. The first kappa shape index (κ1) is 14.4. The van der Waals surface area contributed by atoms with E-state index in [9.17, 15) is 13.2 Å². The highest BCUT2D eigenvalue weighted by Crippen LogP contribution is 2.35. The van der Waals surface area contributed by atoms with Gasteiger partial charge in [-0.3, -0.25) is 0 Å². The van der Waals surface area contributed by atoms with Crippen molar-refractivity contribution in [2.45, 2.75) is 11.8 Å². The Morgan fingerprint density at radius 2 is 1.76 bits per heavy atom. The standard InChI is InChI=1S/C16H10ClF3S/c17-12(5-9-1-4-13(19)14(20)6-9)16-7-10-2-3-11(18)8-15(10)21-16/h1-4,6-8,12H,5H2. The molecular weight excluding hydrogens is 317 g/mol. The maximum atomic E-state index is 13.2. The molecular formula is C16H10ClF3S. The van der Waals surface area contributed by atoms with Crippen LogP contribution >= 0.6 is 22.9 Å². The minimum absolute atomic E-state index is 0.289. The van der Waals surface area contributed by atoms with Gasteiger partial charge < -0.3 is 0 Å².